The van der Waals surface area contributed by atoms with Crippen LogP contribution in [0.5, 0.6) is 0 Å². The molecule has 0 aromatic carbocycles. The summed E-state index contributed by atoms with van der Waals surface area (Å²) in [4.78, 5) is 12.1. The van der Waals surface area contributed by atoms with Crippen molar-refractivity contribution in [1.29, 1.82) is 0 Å². The molecule has 21 heavy (non-hydrogen) atoms. The molecule has 1 aromatic heterocycles. The molecule has 0 spiro atoms. The summed E-state index contributed by atoms with van der Waals surface area (Å²) in [6.45, 7) is 6.06. The first kappa shape index (κ1) is 17.9. The first-order chi connectivity index (χ1) is 9.69. The van der Waals surface area contributed by atoms with Gasteiger partial charge in [0.2, 0.25) is 0 Å². The van der Waals surface area contributed by atoms with Crippen LogP contribution >= 0.6 is 12.4 Å². The van der Waals surface area contributed by atoms with E-state index in [0.29, 0.717) is 18.7 Å². The molecule has 0 unspecified atom stereocenters. The third-order valence-electron chi connectivity index (χ3n) is 3.96. The lowest BCUT2D eigenvalue weighted by molar-refractivity contribution is 0.0511. The van der Waals surface area contributed by atoms with E-state index in [4.69, 9.17) is 4.74 Å². The summed E-state index contributed by atoms with van der Waals surface area (Å²) in [7, 11) is 1.72. The zero-order valence-corrected chi connectivity index (χ0v) is 13.5. The van der Waals surface area contributed by atoms with Crippen molar-refractivity contribution in [2.75, 3.05) is 33.4 Å². The Morgan fingerprint density at radius 3 is 2.81 bits per heavy atom. The van der Waals surface area contributed by atoms with E-state index in [1.54, 1.807) is 24.2 Å². The molecule has 0 atom stereocenters. The highest BCUT2D eigenvalue weighted by atomic mass is 35.5. The van der Waals surface area contributed by atoms with Gasteiger partial charge in [-0.2, -0.15) is 5.10 Å². The highest BCUT2D eigenvalue weighted by Crippen LogP contribution is 2.28. The molecular weight excluding hydrogens is 292 g/mol. The molecule has 1 saturated heterocycles. The number of halogens is 1. The van der Waals surface area contributed by atoms with Gasteiger partial charge in [0.25, 0.3) is 5.91 Å². The molecule has 2 rings (SSSR count). The van der Waals surface area contributed by atoms with Gasteiger partial charge in [0.1, 0.15) is 0 Å². The number of aryl methyl sites for hydroxylation is 1. The van der Waals surface area contributed by atoms with E-state index in [-0.39, 0.29) is 23.7 Å². The van der Waals surface area contributed by atoms with Crippen molar-refractivity contribution < 1.29 is 9.53 Å². The predicted molar refractivity (Wildman–Crippen MR) is 83.9 cm³/mol. The maximum Gasteiger partial charge on any atom is 0.254 e. The summed E-state index contributed by atoms with van der Waals surface area (Å²) in [5, 5.41) is 10.5. The van der Waals surface area contributed by atoms with Crippen molar-refractivity contribution in [1.82, 2.24) is 20.4 Å². The Balaban J connectivity index is 0.00000220. The number of nitrogens with zero attached hydrogens (tertiary/aromatic N) is 2. The van der Waals surface area contributed by atoms with Crippen molar-refractivity contribution in [3.05, 3.63) is 18.0 Å². The number of nitrogens with one attached hydrogen (secondary N) is 2. The summed E-state index contributed by atoms with van der Waals surface area (Å²) in [6, 6.07) is 0. The molecule has 2 heterocycles. The Bertz CT molecular complexity index is 438. The standard InChI is InChI=1S/C14H24N4O2.ClH/c1-3-18-9-12(8-17-18)13(19)16-10-14(11-20-2)4-6-15-7-5-14;/h8-9,15H,3-7,10-11H2,1-2H3,(H,16,19);1H. The highest BCUT2D eigenvalue weighted by Gasteiger charge is 2.32. The third-order valence-corrected chi connectivity index (χ3v) is 3.96. The molecule has 1 aliphatic rings. The largest absolute Gasteiger partial charge is 0.384 e. The average molecular weight is 317 g/mol. The molecular formula is C14H25ClN4O2. The van der Waals surface area contributed by atoms with Crippen LogP contribution in [0.4, 0.5) is 0 Å². The number of rotatable bonds is 6. The van der Waals surface area contributed by atoms with Crippen molar-refractivity contribution >= 4 is 18.3 Å². The lowest BCUT2D eigenvalue weighted by Crippen LogP contribution is -2.47. The van der Waals surface area contributed by atoms with E-state index in [1.165, 1.54) is 0 Å². The van der Waals surface area contributed by atoms with Crippen molar-refractivity contribution in [3.63, 3.8) is 0 Å². The van der Waals surface area contributed by atoms with E-state index in [0.717, 1.165) is 32.5 Å². The smallest absolute Gasteiger partial charge is 0.254 e. The number of ether oxygens (including phenoxy) is 1. The van der Waals surface area contributed by atoms with Crippen LogP contribution in [0, 0.1) is 5.41 Å². The minimum Gasteiger partial charge on any atom is -0.384 e. The zero-order valence-electron chi connectivity index (χ0n) is 12.7. The average Bonchev–Trinajstić information content (AvgIpc) is 2.95. The van der Waals surface area contributed by atoms with E-state index in [1.807, 2.05) is 6.92 Å². The minimum absolute atomic E-state index is 0. The fraction of sp³-hybridized carbons (Fsp3) is 0.714. The molecule has 0 radical (unpaired) electrons. The molecule has 2 N–H and O–H groups in total. The lowest BCUT2D eigenvalue weighted by atomic mass is 9.79. The van der Waals surface area contributed by atoms with Crippen LogP contribution in [0.3, 0.4) is 0 Å². The number of aromatic nitrogens is 2. The minimum atomic E-state index is -0.0567. The number of hydrogen-bond acceptors (Lipinski definition) is 4. The highest BCUT2D eigenvalue weighted by molar-refractivity contribution is 5.93. The molecule has 0 bridgehead atoms. The van der Waals surface area contributed by atoms with Crippen molar-refractivity contribution in [2.45, 2.75) is 26.3 Å². The lowest BCUT2D eigenvalue weighted by Gasteiger charge is -2.37. The molecule has 0 saturated carbocycles. The second-order valence-corrected chi connectivity index (χ2v) is 5.45. The number of amides is 1. The Hall–Kier alpha value is -1.11. The summed E-state index contributed by atoms with van der Waals surface area (Å²) in [6.07, 6.45) is 5.44. The summed E-state index contributed by atoms with van der Waals surface area (Å²) in [5.41, 5.74) is 0.671. The molecule has 7 heteroatoms. The Morgan fingerprint density at radius 1 is 1.52 bits per heavy atom. The molecule has 120 valence electrons. The summed E-state index contributed by atoms with van der Waals surface area (Å²) >= 11 is 0. The Labute approximate surface area is 132 Å². The van der Waals surface area contributed by atoms with Gasteiger partial charge in [0.15, 0.2) is 0 Å². The van der Waals surface area contributed by atoms with Gasteiger partial charge in [-0.05, 0) is 32.9 Å². The Kier molecular flexibility index (Phi) is 7.14. The molecule has 1 fully saturated rings. The molecule has 1 amide bonds. The van der Waals surface area contributed by atoms with Gasteiger partial charge in [-0.3, -0.25) is 9.48 Å². The first-order valence-electron chi connectivity index (χ1n) is 7.19. The second-order valence-electron chi connectivity index (χ2n) is 5.45. The zero-order chi connectivity index (χ0) is 14.4. The van der Waals surface area contributed by atoms with E-state index < -0.39 is 0 Å². The van der Waals surface area contributed by atoms with Gasteiger partial charge < -0.3 is 15.4 Å². The number of carbonyl (C=O) groups is 1. The fourth-order valence-electron chi connectivity index (χ4n) is 2.66. The summed E-state index contributed by atoms with van der Waals surface area (Å²) < 4.78 is 7.10. The number of hydrogen-bond donors (Lipinski definition) is 2. The number of carbonyl (C=O) groups excluding carboxylic acids is 1. The van der Waals surface area contributed by atoms with Crippen LogP contribution in [0.15, 0.2) is 12.4 Å². The van der Waals surface area contributed by atoms with Crippen LogP contribution in [0.1, 0.15) is 30.1 Å². The maximum atomic E-state index is 12.1. The van der Waals surface area contributed by atoms with Crippen LogP contribution < -0.4 is 10.6 Å². The van der Waals surface area contributed by atoms with Crippen LogP contribution in [0.2, 0.25) is 0 Å². The topological polar surface area (TPSA) is 68.2 Å². The van der Waals surface area contributed by atoms with Crippen molar-refractivity contribution in [3.8, 4) is 0 Å². The van der Waals surface area contributed by atoms with Crippen LogP contribution in [-0.2, 0) is 11.3 Å². The maximum absolute atomic E-state index is 12.1. The quantitative estimate of drug-likeness (QED) is 0.824. The van der Waals surface area contributed by atoms with Crippen LogP contribution in [-0.4, -0.2) is 49.0 Å². The van der Waals surface area contributed by atoms with E-state index in [9.17, 15) is 4.79 Å². The third kappa shape index (κ3) is 4.69. The first-order valence-corrected chi connectivity index (χ1v) is 7.19. The second kappa shape index (κ2) is 8.36. The van der Waals surface area contributed by atoms with Gasteiger partial charge in [-0.1, -0.05) is 0 Å². The molecule has 1 aliphatic heterocycles. The molecule has 0 aliphatic carbocycles. The summed E-state index contributed by atoms with van der Waals surface area (Å²) in [5.74, 6) is -0.0567. The van der Waals surface area contributed by atoms with Gasteiger partial charge >= 0.3 is 0 Å². The van der Waals surface area contributed by atoms with Gasteiger partial charge in [0, 0.05) is 31.8 Å². The van der Waals surface area contributed by atoms with Crippen molar-refractivity contribution in [2.24, 2.45) is 5.41 Å². The Morgan fingerprint density at radius 2 is 2.24 bits per heavy atom. The van der Waals surface area contributed by atoms with Gasteiger partial charge in [0.05, 0.1) is 18.4 Å². The molecule has 6 nitrogen and oxygen atoms in total. The van der Waals surface area contributed by atoms with E-state index >= 15 is 0 Å². The van der Waals surface area contributed by atoms with Crippen LogP contribution in [0.25, 0.3) is 0 Å². The number of piperidine rings is 1. The van der Waals surface area contributed by atoms with E-state index in [2.05, 4.69) is 15.7 Å². The number of methoxy groups -OCH3 is 1. The van der Waals surface area contributed by atoms with Gasteiger partial charge in [-0.25, -0.2) is 0 Å². The predicted octanol–water partition coefficient (Wildman–Crippen LogP) is 1.07. The molecule has 1 aromatic rings. The monoisotopic (exact) mass is 316 g/mol. The SMILES string of the molecule is CCn1cc(C(=O)NCC2(COC)CCNCC2)cn1.Cl. The fourth-order valence-corrected chi connectivity index (χ4v) is 2.66. The van der Waals surface area contributed by atoms with Gasteiger partial charge in [-0.15, -0.1) is 12.4 Å². The normalized spacial score (nSPS) is 17.0.